The molecule has 1 aliphatic rings. The molecule has 0 radical (unpaired) electrons. The summed E-state index contributed by atoms with van der Waals surface area (Å²) in [6.45, 7) is 5.35. The second-order valence-corrected chi connectivity index (χ2v) is 4.48. The predicted octanol–water partition coefficient (Wildman–Crippen LogP) is 1.06. The first-order valence-corrected chi connectivity index (χ1v) is 6.59. The van der Waals surface area contributed by atoms with Gasteiger partial charge < -0.3 is 19.5 Å². The van der Waals surface area contributed by atoms with Crippen LogP contribution < -0.4 is 14.8 Å². The van der Waals surface area contributed by atoms with E-state index in [1.807, 2.05) is 6.07 Å². The molecule has 1 amide bonds. The fraction of sp³-hybridized carbons (Fsp3) is 0.333. The van der Waals surface area contributed by atoms with E-state index in [2.05, 4.69) is 11.9 Å². The molecule has 2 rings (SSSR count). The lowest BCUT2D eigenvalue weighted by molar-refractivity contribution is -0.163. The molecule has 1 aromatic rings. The molecule has 0 saturated carbocycles. The Labute approximate surface area is 122 Å². The lowest BCUT2D eigenvalue weighted by atomic mass is 10.2. The van der Waals surface area contributed by atoms with Gasteiger partial charge in [0.2, 0.25) is 6.10 Å². The van der Waals surface area contributed by atoms with Crippen LogP contribution in [0.5, 0.6) is 11.5 Å². The average molecular weight is 291 g/mol. The van der Waals surface area contributed by atoms with E-state index in [1.54, 1.807) is 24.3 Å². The molecule has 0 unspecified atom stereocenters. The third-order valence-corrected chi connectivity index (χ3v) is 2.85. The zero-order chi connectivity index (χ0) is 15.2. The van der Waals surface area contributed by atoms with Crippen LogP contribution in [0.25, 0.3) is 0 Å². The number of esters is 1. The number of para-hydroxylation sites is 2. The predicted molar refractivity (Wildman–Crippen MR) is 75.1 cm³/mol. The van der Waals surface area contributed by atoms with Gasteiger partial charge in [0.05, 0.1) is 0 Å². The summed E-state index contributed by atoms with van der Waals surface area (Å²) >= 11 is 0. The molecule has 0 bridgehead atoms. The molecular formula is C15H17NO5. The van der Waals surface area contributed by atoms with Gasteiger partial charge in [-0.05, 0) is 19.1 Å². The molecule has 112 valence electrons. The van der Waals surface area contributed by atoms with Gasteiger partial charge in [0.15, 0.2) is 17.6 Å². The van der Waals surface area contributed by atoms with Gasteiger partial charge in [-0.2, -0.15) is 0 Å². The van der Waals surface area contributed by atoms with Gasteiger partial charge in [0.1, 0.15) is 6.61 Å². The normalized spacial score (nSPS) is 17.5. The van der Waals surface area contributed by atoms with E-state index in [0.29, 0.717) is 18.0 Å². The first kappa shape index (κ1) is 14.9. The summed E-state index contributed by atoms with van der Waals surface area (Å²) in [6.07, 6.45) is -0.241. The maximum absolute atomic E-state index is 12.0. The van der Waals surface area contributed by atoms with Gasteiger partial charge in [-0.25, -0.2) is 4.79 Å². The van der Waals surface area contributed by atoms with E-state index < -0.39 is 18.2 Å². The first-order chi connectivity index (χ1) is 10.1. The summed E-state index contributed by atoms with van der Waals surface area (Å²) in [5.74, 6) is 0.0407. The molecule has 1 heterocycles. The fourth-order valence-corrected chi connectivity index (χ4v) is 1.76. The summed E-state index contributed by atoms with van der Waals surface area (Å²) in [5.41, 5.74) is 0. The van der Waals surface area contributed by atoms with Crippen molar-refractivity contribution in [3.8, 4) is 11.5 Å². The Bertz CT molecular complexity index is 543. The molecule has 1 N–H and O–H groups in total. The lowest BCUT2D eigenvalue weighted by Gasteiger charge is -2.25. The Morgan fingerprint density at radius 3 is 2.90 bits per heavy atom. The molecule has 6 heteroatoms. The molecule has 1 aliphatic heterocycles. The molecule has 1 aromatic carbocycles. The molecule has 0 spiro atoms. The fourth-order valence-electron chi connectivity index (χ4n) is 1.76. The first-order valence-electron chi connectivity index (χ1n) is 6.59. The van der Waals surface area contributed by atoms with Crippen molar-refractivity contribution in [1.29, 1.82) is 0 Å². The minimum absolute atomic E-state index is 0.0524. The number of hydrogen-bond donors (Lipinski definition) is 1. The van der Waals surface area contributed by atoms with Crippen molar-refractivity contribution in [2.24, 2.45) is 0 Å². The zero-order valence-electron chi connectivity index (χ0n) is 11.7. The van der Waals surface area contributed by atoms with E-state index in [1.165, 1.54) is 6.92 Å². The third kappa shape index (κ3) is 3.75. The van der Waals surface area contributed by atoms with Gasteiger partial charge in [-0.1, -0.05) is 18.2 Å². The number of carbonyl (C=O) groups is 2. The quantitative estimate of drug-likeness (QED) is 0.648. The summed E-state index contributed by atoms with van der Waals surface area (Å²) in [6, 6.07) is 7.05. The van der Waals surface area contributed by atoms with Crippen LogP contribution in [-0.4, -0.2) is 37.2 Å². The van der Waals surface area contributed by atoms with Crippen molar-refractivity contribution in [3.05, 3.63) is 36.9 Å². The van der Waals surface area contributed by atoms with Crippen molar-refractivity contribution >= 4 is 11.9 Å². The number of amides is 1. The average Bonchev–Trinajstić information content (AvgIpc) is 2.51. The van der Waals surface area contributed by atoms with Crippen LogP contribution in [0.3, 0.4) is 0 Å². The van der Waals surface area contributed by atoms with Crippen LogP contribution in [0.4, 0.5) is 0 Å². The number of fused-ring (bicyclic) bond motifs is 1. The topological polar surface area (TPSA) is 73.9 Å². The van der Waals surface area contributed by atoms with Gasteiger partial charge in [0.25, 0.3) is 5.91 Å². The largest absolute Gasteiger partial charge is 0.485 e. The Hall–Kier alpha value is -2.50. The van der Waals surface area contributed by atoms with Crippen LogP contribution in [0.2, 0.25) is 0 Å². The minimum atomic E-state index is -0.904. The number of benzene rings is 1. The number of rotatable bonds is 5. The van der Waals surface area contributed by atoms with E-state index in [9.17, 15) is 9.59 Å². The van der Waals surface area contributed by atoms with Gasteiger partial charge >= 0.3 is 5.97 Å². The molecule has 0 aliphatic carbocycles. The van der Waals surface area contributed by atoms with Crippen LogP contribution in [0.1, 0.15) is 6.92 Å². The number of nitrogens with one attached hydrogen (secondary N) is 1. The molecule has 6 nitrogen and oxygen atoms in total. The van der Waals surface area contributed by atoms with Gasteiger partial charge in [-0.3, -0.25) is 4.79 Å². The summed E-state index contributed by atoms with van der Waals surface area (Å²) in [7, 11) is 0. The lowest BCUT2D eigenvalue weighted by Crippen LogP contribution is -2.42. The maximum atomic E-state index is 12.0. The molecule has 0 saturated heterocycles. The maximum Gasteiger partial charge on any atom is 0.351 e. The molecular weight excluding hydrogens is 274 g/mol. The minimum Gasteiger partial charge on any atom is -0.485 e. The molecule has 0 fully saturated rings. The van der Waals surface area contributed by atoms with Crippen molar-refractivity contribution in [2.45, 2.75) is 19.1 Å². The number of ether oxygens (including phenoxy) is 3. The smallest absolute Gasteiger partial charge is 0.351 e. The number of carbonyl (C=O) groups excluding carboxylic acids is 2. The van der Waals surface area contributed by atoms with Crippen molar-refractivity contribution in [3.63, 3.8) is 0 Å². The van der Waals surface area contributed by atoms with Crippen LogP contribution in [0, 0.1) is 0 Å². The monoisotopic (exact) mass is 291 g/mol. The van der Waals surface area contributed by atoms with Crippen LogP contribution in [-0.2, 0) is 14.3 Å². The molecule has 21 heavy (non-hydrogen) atoms. The zero-order valence-corrected chi connectivity index (χ0v) is 11.7. The highest BCUT2D eigenvalue weighted by molar-refractivity contribution is 5.84. The summed E-state index contributed by atoms with van der Waals surface area (Å²) < 4.78 is 16.0. The van der Waals surface area contributed by atoms with Crippen molar-refractivity contribution in [2.75, 3.05) is 13.2 Å². The highest BCUT2D eigenvalue weighted by atomic mass is 16.6. The Kier molecular flexibility index (Phi) is 4.81. The van der Waals surface area contributed by atoms with Crippen molar-refractivity contribution < 1.29 is 23.8 Å². The standard InChI is InChI=1S/C15H17NO5/c1-3-8-16-14(17)10(2)20-15(18)13-9-19-11-6-4-5-7-12(11)21-13/h3-7,10,13H,1,8-9H2,2H3,(H,16,17)/t10-,13-/m1/s1. The van der Waals surface area contributed by atoms with E-state index in [4.69, 9.17) is 14.2 Å². The Balaban J connectivity index is 1.90. The Morgan fingerprint density at radius 1 is 1.48 bits per heavy atom. The molecule has 0 aromatic heterocycles. The second kappa shape index (κ2) is 6.78. The summed E-state index contributed by atoms with van der Waals surface area (Å²) in [5, 5.41) is 2.55. The summed E-state index contributed by atoms with van der Waals surface area (Å²) in [4.78, 5) is 23.6. The van der Waals surface area contributed by atoms with Crippen LogP contribution >= 0.6 is 0 Å². The van der Waals surface area contributed by atoms with E-state index >= 15 is 0 Å². The number of hydrogen-bond acceptors (Lipinski definition) is 5. The highest BCUT2D eigenvalue weighted by Gasteiger charge is 2.31. The molecule has 2 atom stereocenters. The van der Waals surface area contributed by atoms with E-state index in [0.717, 1.165) is 0 Å². The van der Waals surface area contributed by atoms with Crippen molar-refractivity contribution in [1.82, 2.24) is 5.32 Å². The van der Waals surface area contributed by atoms with Crippen LogP contribution in [0.15, 0.2) is 36.9 Å². The Morgan fingerprint density at radius 2 is 2.19 bits per heavy atom. The SMILES string of the molecule is C=CCNC(=O)[C@@H](C)OC(=O)[C@H]1COc2ccccc2O1. The van der Waals surface area contributed by atoms with Gasteiger partial charge in [0, 0.05) is 6.54 Å². The highest BCUT2D eigenvalue weighted by Crippen LogP contribution is 2.31. The third-order valence-electron chi connectivity index (χ3n) is 2.85. The second-order valence-electron chi connectivity index (χ2n) is 4.48. The van der Waals surface area contributed by atoms with Gasteiger partial charge in [-0.15, -0.1) is 6.58 Å². The van der Waals surface area contributed by atoms with E-state index in [-0.39, 0.29) is 12.5 Å².